The number of hydrogen-bond acceptors (Lipinski definition) is 1. The third-order valence-corrected chi connectivity index (χ3v) is 3.73. The molecule has 1 heteroatoms. The fourth-order valence-electron chi connectivity index (χ4n) is 2.43. The molecule has 2 aromatic carbocycles. The van der Waals surface area contributed by atoms with Crippen LogP contribution >= 0.6 is 0 Å². The maximum Gasteiger partial charge on any atom is 0.127 e. The van der Waals surface area contributed by atoms with Gasteiger partial charge in [-0.2, -0.15) is 0 Å². The van der Waals surface area contributed by atoms with Crippen molar-refractivity contribution in [3.8, 4) is 16.9 Å². The highest BCUT2D eigenvalue weighted by molar-refractivity contribution is 5.72. The van der Waals surface area contributed by atoms with Crippen molar-refractivity contribution < 1.29 is 5.11 Å². The Kier molecular flexibility index (Phi) is 3.89. The third-order valence-electron chi connectivity index (χ3n) is 3.73. The van der Waals surface area contributed by atoms with Gasteiger partial charge < -0.3 is 5.11 Å². The smallest absolute Gasteiger partial charge is 0.127 e. The van der Waals surface area contributed by atoms with Gasteiger partial charge >= 0.3 is 0 Å². The normalized spacial score (nSPS) is 11.9. The lowest BCUT2D eigenvalue weighted by molar-refractivity contribution is 0.448. The molecule has 2 aromatic rings. The molecule has 0 radical (unpaired) electrons. The van der Waals surface area contributed by atoms with Crippen LogP contribution in [-0.2, 0) is 5.41 Å². The van der Waals surface area contributed by atoms with E-state index in [0.717, 1.165) is 16.7 Å². The summed E-state index contributed by atoms with van der Waals surface area (Å²) >= 11 is 0. The van der Waals surface area contributed by atoms with Crippen LogP contribution in [0.4, 0.5) is 0 Å². The fraction of sp³-hybridized carbons (Fsp3) is 0.368. The van der Waals surface area contributed by atoms with E-state index >= 15 is 0 Å². The first-order valence-electron chi connectivity index (χ1n) is 7.23. The minimum Gasteiger partial charge on any atom is -0.507 e. The summed E-state index contributed by atoms with van der Waals surface area (Å²) in [5.74, 6) is 0.927. The van der Waals surface area contributed by atoms with E-state index < -0.39 is 0 Å². The Morgan fingerprint density at radius 1 is 0.900 bits per heavy atom. The average molecular weight is 268 g/mol. The van der Waals surface area contributed by atoms with E-state index in [-0.39, 0.29) is 5.41 Å². The summed E-state index contributed by atoms with van der Waals surface area (Å²) in [6, 6.07) is 14.5. The predicted octanol–water partition coefficient (Wildman–Crippen LogP) is 5.48. The highest BCUT2D eigenvalue weighted by atomic mass is 16.3. The lowest BCUT2D eigenvalue weighted by atomic mass is 9.84. The van der Waals surface area contributed by atoms with E-state index in [0.29, 0.717) is 11.7 Å². The van der Waals surface area contributed by atoms with E-state index in [1.165, 1.54) is 5.56 Å². The average Bonchev–Trinajstić information content (AvgIpc) is 2.37. The molecule has 0 atom stereocenters. The number of phenolic OH excluding ortho intramolecular Hbond substituents is 1. The van der Waals surface area contributed by atoms with Crippen LogP contribution in [-0.4, -0.2) is 5.11 Å². The Morgan fingerprint density at radius 2 is 1.50 bits per heavy atom. The molecule has 20 heavy (non-hydrogen) atoms. The second-order valence-electron chi connectivity index (χ2n) is 6.73. The van der Waals surface area contributed by atoms with Crippen LogP contribution in [0, 0.1) is 0 Å². The zero-order valence-corrected chi connectivity index (χ0v) is 13.1. The lowest BCUT2D eigenvalue weighted by Gasteiger charge is -2.22. The molecule has 0 heterocycles. The van der Waals surface area contributed by atoms with Crippen LogP contribution in [0.5, 0.6) is 5.75 Å². The monoisotopic (exact) mass is 268 g/mol. The summed E-state index contributed by atoms with van der Waals surface area (Å²) in [5.41, 5.74) is 4.23. The number of para-hydroxylation sites is 1. The molecule has 106 valence electrons. The van der Waals surface area contributed by atoms with Gasteiger partial charge in [0.15, 0.2) is 0 Å². The molecule has 0 aliphatic carbocycles. The van der Waals surface area contributed by atoms with Crippen LogP contribution < -0.4 is 0 Å². The second-order valence-corrected chi connectivity index (χ2v) is 6.73. The maximum atomic E-state index is 10.6. The molecule has 0 unspecified atom stereocenters. The minimum absolute atomic E-state index is 0.0576. The summed E-state index contributed by atoms with van der Waals surface area (Å²) in [6.07, 6.45) is 0. The van der Waals surface area contributed by atoms with Gasteiger partial charge in [0.25, 0.3) is 0 Å². The standard InChI is InChI=1S/C19H24O/c1-13(2)14-9-11-15(12-10-14)16-7-6-8-17(18(16)20)19(3,4)5/h6-13,20H,1-5H3. The summed E-state index contributed by atoms with van der Waals surface area (Å²) < 4.78 is 0. The summed E-state index contributed by atoms with van der Waals surface area (Å²) in [7, 11) is 0. The topological polar surface area (TPSA) is 20.2 Å². The van der Waals surface area contributed by atoms with Gasteiger partial charge in [0, 0.05) is 5.56 Å². The van der Waals surface area contributed by atoms with Crippen LogP contribution in [0.1, 0.15) is 51.7 Å². The van der Waals surface area contributed by atoms with Crippen LogP contribution in [0.3, 0.4) is 0 Å². The summed E-state index contributed by atoms with van der Waals surface area (Å²) in [4.78, 5) is 0. The van der Waals surface area contributed by atoms with Gasteiger partial charge in [0.1, 0.15) is 5.75 Å². The molecule has 0 spiro atoms. The molecular weight excluding hydrogens is 244 g/mol. The van der Waals surface area contributed by atoms with Gasteiger partial charge in [0.2, 0.25) is 0 Å². The SMILES string of the molecule is CC(C)c1ccc(-c2cccc(C(C)(C)C)c2O)cc1. The minimum atomic E-state index is -0.0576. The Balaban J connectivity index is 2.48. The van der Waals surface area contributed by atoms with Crippen molar-refractivity contribution in [2.75, 3.05) is 0 Å². The predicted molar refractivity (Wildman–Crippen MR) is 86.3 cm³/mol. The molecule has 0 aromatic heterocycles. The zero-order chi connectivity index (χ0) is 14.9. The van der Waals surface area contributed by atoms with Crippen molar-refractivity contribution in [2.45, 2.75) is 46.0 Å². The van der Waals surface area contributed by atoms with Crippen molar-refractivity contribution in [1.29, 1.82) is 0 Å². The highest BCUT2D eigenvalue weighted by Gasteiger charge is 2.20. The van der Waals surface area contributed by atoms with E-state index in [9.17, 15) is 5.11 Å². The van der Waals surface area contributed by atoms with Crippen LogP contribution in [0.15, 0.2) is 42.5 Å². The van der Waals surface area contributed by atoms with Crippen molar-refractivity contribution in [3.05, 3.63) is 53.6 Å². The van der Waals surface area contributed by atoms with E-state index in [1.807, 2.05) is 18.2 Å². The quantitative estimate of drug-likeness (QED) is 0.764. The Hall–Kier alpha value is -1.76. The molecule has 2 rings (SSSR count). The van der Waals surface area contributed by atoms with Crippen LogP contribution in [0.2, 0.25) is 0 Å². The van der Waals surface area contributed by atoms with Gasteiger partial charge in [-0.1, -0.05) is 77.1 Å². The van der Waals surface area contributed by atoms with E-state index in [2.05, 4.69) is 58.9 Å². The Bertz CT molecular complexity index is 586. The maximum absolute atomic E-state index is 10.6. The van der Waals surface area contributed by atoms with Gasteiger partial charge in [-0.05, 0) is 28.0 Å². The molecule has 0 amide bonds. The molecule has 0 saturated heterocycles. The molecular formula is C19H24O. The van der Waals surface area contributed by atoms with E-state index in [4.69, 9.17) is 0 Å². The van der Waals surface area contributed by atoms with Crippen molar-refractivity contribution in [1.82, 2.24) is 0 Å². The molecule has 0 saturated carbocycles. The van der Waals surface area contributed by atoms with Gasteiger partial charge in [-0.25, -0.2) is 0 Å². The second kappa shape index (κ2) is 5.32. The first-order chi connectivity index (χ1) is 9.30. The first kappa shape index (κ1) is 14.6. The zero-order valence-electron chi connectivity index (χ0n) is 13.1. The van der Waals surface area contributed by atoms with Crippen molar-refractivity contribution in [2.24, 2.45) is 0 Å². The van der Waals surface area contributed by atoms with Gasteiger partial charge in [0.05, 0.1) is 0 Å². The lowest BCUT2D eigenvalue weighted by Crippen LogP contribution is -2.11. The van der Waals surface area contributed by atoms with Gasteiger partial charge in [-0.3, -0.25) is 0 Å². The molecule has 0 aliphatic heterocycles. The molecule has 0 fully saturated rings. The number of benzene rings is 2. The molecule has 0 bridgehead atoms. The summed E-state index contributed by atoms with van der Waals surface area (Å²) in [6.45, 7) is 10.7. The molecule has 1 N–H and O–H groups in total. The first-order valence-corrected chi connectivity index (χ1v) is 7.23. The number of phenols is 1. The Morgan fingerprint density at radius 3 is 2.00 bits per heavy atom. The summed E-state index contributed by atoms with van der Waals surface area (Å²) in [5, 5.41) is 10.6. The van der Waals surface area contributed by atoms with Crippen molar-refractivity contribution >= 4 is 0 Å². The molecule has 1 nitrogen and oxygen atoms in total. The fourth-order valence-corrected chi connectivity index (χ4v) is 2.43. The molecule has 0 aliphatic rings. The Labute approximate surface area is 122 Å². The third kappa shape index (κ3) is 2.87. The number of aromatic hydroxyl groups is 1. The number of rotatable bonds is 2. The van der Waals surface area contributed by atoms with E-state index in [1.54, 1.807) is 0 Å². The number of hydrogen-bond donors (Lipinski definition) is 1. The largest absolute Gasteiger partial charge is 0.507 e. The highest BCUT2D eigenvalue weighted by Crippen LogP contribution is 2.38. The van der Waals surface area contributed by atoms with Gasteiger partial charge in [-0.15, -0.1) is 0 Å². The van der Waals surface area contributed by atoms with Crippen molar-refractivity contribution in [3.63, 3.8) is 0 Å². The van der Waals surface area contributed by atoms with Crippen LogP contribution in [0.25, 0.3) is 11.1 Å².